The zero-order valence-corrected chi connectivity index (χ0v) is 34.9. The van der Waals surface area contributed by atoms with Crippen LogP contribution >= 0.6 is 0 Å². The maximum atomic E-state index is 8.96. The summed E-state index contributed by atoms with van der Waals surface area (Å²) in [5.41, 5.74) is 9.51. The Balaban J connectivity index is 0.000000203. The number of para-hydroxylation sites is 1. The van der Waals surface area contributed by atoms with Gasteiger partial charge in [0.2, 0.25) is 0 Å². The summed E-state index contributed by atoms with van der Waals surface area (Å²) in [6.45, 7) is 13.4. The summed E-state index contributed by atoms with van der Waals surface area (Å²) < 4.78 is 36.8. The van der Waals surface area contributed by atoms with Gasteiger partial charge in [0.05, 0.1) is 16.9 Å². The molecule has 8 rings (SSSR count). The van der Waals surface area contributed by atoms with Crippen LogP contribution in [-0.2, 0) is 26.5 Å². The fraction of sp³-hybridized carbons (Fsp3) is 0.216. The monoisotopic (exact) mass is 900 g/mol. The van der Waals surface area contributed by atoms with Gasteiger partial charge in [0.15, 0.2) is 0 Å². The Labute approximate surface area is 346 Å². The van der Waals surface area contributed by atoms with E-state index in [1.165, 1.54) is 0 Å². The summed E-state index contributed by atoms with van der Waals surface area (Å²) in [5.74, 6) is -0.964. The van der Waals surface area contributed by atoms with E-state index in [0.29, 0.717) is 5.56 Å². The maximum absolute atomic E-state index is 8.96. The minimum atomic E-state index is -1.38. The minimum Gasteiger partial charge on any atom is -0.332 e. The fourth-order valence-electron chi connectivity index (χ4n) is 6.82. The van der Waals surface area contributed by atoms with Gasteiger partial charge < -0.3 is 9.55 Å². The zero-order chi connectivity index (χ0) is 41.5. The van der Waals surface area contributed by atoms with E-state index in [1.54, 1.807) is 0 Å². The molecule has 2 heterocycles. The maximum Gasteiger partial charge on any atom is 0.0781 e. The van der Waals surface area contributed by atoms with Gasteiger partial charge in [-0.15, -0.1) is 71.8 Å². The molecule has 0 aliphatic carbocycles. The molecule has 2 aromatic heterocycles. The van der Waals surface area contributed by atoms with Crippen LogP contribution < -0.4 is 0 Å². The molecule has 0 spiro atoms. The van der Waals surface area contributed by atoms with Gasteiger partial charge >= 0.3 is 0 Å². The Hall–Kier alpha value is -5.15. The molecule has 0 aliphatic heterocycles. The Kier molecular flexibility index (Phi) is 10.7. The first-order chi connectivity index (χ1) is 27.4. The Bertz CT molecular complexity index is 2640. The molecule has 6 aromatic carbocycles. The third-order valence-electron chi connectivity index (χ3n) is 9.31. The molecule has 55 heavy (non-hydrogen) atoms. The van der Waals surface area contributed by atoms with Crippen molar-refractivity contribution in [3.8, 4) is 39.5 Å². The van der Waals surface area contributed by atoms with Crippen LogP contribution in [0.1, 0.15) is 82.4 Å². The van der Waals surface area contributed by atoms with E-state index < -0.39 is 23.6 Å². The van der Waals surface area contributed by atoms with Gasteiger partial charge in [-0.25, -0.2) is 0 Å². The van der Waals surface area contributed by atoms with Crippen LogP contribution in [0.5, 0.6) is 0 Å². The van der Waals surface area contributed by atoms with Crippen LogP contribution in [0, 0.1) is 17.5 Å². The molecule has 4 heteroatoms. The molecule has 0 atom stereocenters. The number of hydrogen-bond donors (Lipinski definition) is 0. The summed E-state index contributed by atoms with van der Waals surface area (Å²) in [6.07, 6.45) is 0.473. The Morgan fingerprint density at radius 1 is 0.673 bits per heavy atom. The fourth-order valence-corrected chi connectivity index (χ4v) is 6.82. The number of fused-ring (bicyclic) bond motifs is 3. The van der Waals surface area contributed by atoms with E-state index in [2.05, 4.69) is 45.9 Å². The zero-order valence-electron chi connectivity index (χ0n) is 36.5. The van der Waals surface area contributed by atoms with Gasteiger partial charge in [-0.1, -0.05) is 133 Å². The van der Waals surface area contributed by atoms with Crippen molar-refractivity contribution in [3.63, 3.8) is 0 Å². The molecular formula is C51H49IrN3-2. The predicted molar refractivity (Wildman–Crippen MR) is 228 cm³/mol. The first-order valence-corrected chi connectivity index (χ1v) is 18.5. The third kappa shape index (κ3) is 8.89. The van der Waals surface area contributed by atoms with Gasteiger partial charge in [-0.05, 0) is 68.5 Å². The van der Waals surface area contributed by atoms with E-state index in [0.717, 1.165) is 72.4 Å². The summed E-state index contributed by atoms with van der Waals surface area (Å²) in [5, 5.41) is 2.22. The molecular weight excluding hydrogens is 847 g/mol. The van der Waals surface area contributed by atoms with Gasteiger partial charge in [0.1, 0.15) is 0 Å². The van der Waals surface area contributed by atoms with Crippen LogP contribution in [0.25, 0.3) is 61.3 Å². The Morgan fingerprint density at radius 3 is 1.87 bits per heavy atom. The second-order valence-corrected chi connectivity index (χ2v) is 15.1. The van der Waals surface area contributed by atoms with Crippen molar-refractivity contribution in [1.82, 2.24) is 14.5 Å². The molecule has 3 nitrogen and oxygen atoms in total. The molecule has 0 saturated heterocycles. The summed E-state index contributed by atoms with van der Waals surface area (Å²) in [7, 11) is 0. The van der Waals surface area contributed by atoms with Crippen molar-refractivity contribution in [1.29, 1.82) is 0 Å². The van der Waals surface area contributed by atoms with Crippen LogP contribution in [0.15, 0.2) is 146 Å². The van der Waals surface area contributed by atoms with Gasteiger partial charge in [0.25, 0.3) is 0 Å². The number of imidazole rings is 1. The van der Waals surface area contributed by atoms with Crippen LogP contribution in [0.3, 0.4) is 0 Å². The van der Waals surface area contributed by atoms with Crippen molar-refractivity contribution in [2.45, 2.75) is 66.6 Å². The molecule has 0 bridgehead atoms. The van der Waals surface area contributed by atoms with Gasteiger partial charge in [-0.2, -0.15) is 0 Å². The molecule has 0 aliphatic rings. The number of benzene rings is 6. The summed E-state index contributed by atoms with van der Waals surface area (Å²) >= 11 is 0. The number of hydrogen-bond acceptors (Lipinski definition) is 2. The number of rotatable bonds is 7. The smallest absolute Gasteiger partial charge is 0.0781 e. The van der Waals surface area contributed by atoms with Crippen molar-refractivity contribution in [2.24, 2.45) is 5.41 Å². The topological polar surface area (TPSA) is 30.7 Å². The molecule has 0 saturated carbocycles. The van der Waals surface area contributed by atoms with E-state index in [9.17, 15) is 0 Å². The Morgan fingerprint density at radius 2 is 1.29 bits per heavy atom. The first kappa shape index (κ1) is 34.3. The van der Waals surface area contributed by atoms with Crippen molar-refractivity contribution >= 4 is 21.8 Å². The molecule has 8 aromatic rings. The summed E-state index contributed by atoms with van der Waals surface area (Å²) in [6, 6.07) is 52.3. The quantitative estimate of drug-likeness (QED) is 0.149. The number of nitrogens with zero attached hydrogens (tertiary/aromatic N) is 3. The molecule has 0 amide bonds. The number of pyridine rings is 1. The molecule has 279 valence electrons. The van der Waals surface area contributed by atoms with Gasteiger partial charge in [-0.3, -0.25) is 4.98 Å². The van der Waals surface area contributed by atoms with E-state index >= 15 is 0 Å². The first-order valence-electron chi connectivity index (χ1n) is 20.5. The predicted octanol–water partition coefficient (Wildman–Crippen LogP) is 13.7. The van der Waals surface area contributed by atoms with Crippen molar-refractivity contribution in [3.05, 3.63) is 175 Å². The van der Waals surface area contributed by atoms with E-state index in [1.807, 2.05) is 170 Å². The van der Waals surface area contributed by atoms with E-state index in [-0.39, 0.29) is 20.1 Å². The largest absolute Gasteiger partial charge is 0.332 e. The third-order valence-corrected chi connectivity index (χ3v) is 9.31. The standard InChI is InChI=1S/C29H27N2.C22H22N.Ir/c1-19(2)23-15-10-16-24(20(3)4)27(23)31-28-25-14-9-8-11-21(25)17-18-26(28)30-29(31)22-12-6-5-7-13-22;1-22(2,3)15-17-9-11-18(12-10-17)20-13-14-21(23-16-20)19-7-5-4-6-8-19;/h5-12,14-20H,1-4H3;4-7,9-14,16H,15H2,1-3H3;/q2*-1;/i19D,20D;15D2;. The minimum absolute atomic E-state index is 0. The normalized spacial score (nSPS) is 13.1. The average Bonchev–Trinajstić information content (AvgIpc) is 3.61. The van der Waals surface area contributed by atoms with Crippen molar-refractivity contribution < 1.29 is 25.6 Å². The van der Waals surface area contributed by atoms with Crippen LogP contribution in [0.4, 0.5) is 0 Å². The second kappa shape index (κ2) is 17.1. The van der Waals surface area contributed by atoms with Crippen LogP contribution in [-0.4, -0.2) is 14.5 Å². The number of aromatic nitrogens is 3. The van der Waals surface area contributed by atoms with Crippen LogP contribution in [0.2, 0.25) is 0 Å². The van der Waals surface area contributed by atoms with Gasteiger partial charge in [0, 0.05) is 42.9 Å². The van der Waals surface area contributed by atoms with Crippen molar-refractivity contribution in [2.75, 3.05) is 0 Å². The summed E-state index contributed by atoms with van der Waals surface area (Å²) in [4.78, 5) is 9.60. The van der Waals surface area contributed by atoms with E-state index in [4.69, 9.17) is 10.5 Å². The molecule has 0 fully saturated rings. The molecule has 1 radical (unpaired) electrons. The molecule has 0 N–H and O–H groups in total. The molecule has 0 unspecified atom stereocenters. The average molecular weight is 900 g/mol. The SMILES string of the molecule is [2H]C(C)(C)c1cccc(C([2H])(C)C)c1-n1c(-c2[c-]cccc2)nc2ccc3ccccc3c21.[2H]C([2H])(c1ccc(-c2ccc(-c3[c-]cccc3)nc2)cc1)C(C)(C)C.[Ir]. The second-order valence-electron chi connectivity index (χ2n) is 15.1.